The van der Waals surface area contributed by atoms with Gasteiger partial charge >= 0.3 is 0 Å². The summed E-state index contributed by atoms with van der Waals surface area (Å²) in [5.41, 5.74) is 10.8. The maximum absolute atomic E-state index is 6.69. The van der Waals surface area contributed by atoms with Crippen LogP contribution in [0.5, 0.6) is 0 Å². The van der Waals surface area contributed by atoms with Gasteiger partial charge in [-0.15, -0.1) is 0 Å². The van der Waals surface area contributed by atoms with Gasteiger partial charge in [0.25, 0.3) is 0 Å². The molecule has 0 bridgehead atoms. The zero-order chi connectivity index (χ0) is 37.5. The summed E-state index contributed by atoms with van der Waals surface area (Å²) in [6, 6.07) is 74.5. The molecule has 0 fully saturated rings. The molecule has 3 nitrogen and oxygen atoms in total. The van der Waals surface area contributed by atoms with E-state index in [1.807, 2.05) is 6.07 Å². The summed E-state index contributed by atoms with van der Waals surface area (Å²) in [5, 5.41) is 12.0. The zero-order valence-electron chi connectivity index (χ0n) is 30.9. The molecule has 3 heteroatoms. The Bertz CT molecular complexity index is 3530. The van der Waals surface area contributed by atoms with Crippen molar-refractivity contribution in [1.82, 2.24) is 4.57 Å². The molecule has 12 rings (SSSR count). The van der Waals surface area contributed by atoms with Gasteiger partial charge in [-0.2, -0.15) is 0 Å². The number of benzene rings is 10. The number of furan rings is 1. The molecule has 0 aliphatic carbocycles. The lowest BCUT2D eigenvalue weighted by Gasteiger charge is -2.27. The Morgan fingerprint density at radius 1 is 0.351 bits per heavy atom. The van der Waals surface area contributed by atoms with E-state index in [4.69, 9.17) is 4.42 Å². The van der Waals surface area contributed by atoms with Gasteiger partial charge in [-0.05, 0) is 98.7 Å². The van der Waals surface area contributed by atoms with Gasteiger partial charge in [0.15, 0.2) is 5.58 Å². The zero-order valence-corrected chi connectivity index (χ0v) is 30.9. The lowest BCUT2D eigenvalue weighted by molar-refractivity contribution is 0.669. The highest BCUT2D eigenvalue weighted by molar-refractivity contribution is 6.17. The van der Waals surface area contributed by atoms with Crippen LogP contribution in [0.25, 0.3) is 92.9 Å². The highest BCUT2D eigenvalue weighted by Crippen LogP contribution is 2.46. The van der Waals surface area contributed by atoms with Crippen LogP contribution in [-0.2, 0) is 0 Å². The Hall–Kier alpha value is -7.62. The molecule has 0 radical (unpaired) electrons. The molecule has 0 unspecified atom stereocenters. The van der Waals surface area contributed by atoms with E-state index >= 15 is 0 Å². The van der Waals surface area contributed by atoms with Crippen molar-refractivity contribution in [3.05, 3.63) is 206 Å². The van der Waals surface area contributed by atoms with Gasteiger partial charge in [0.1, 0.15) is 5.58 Å². The van der Waals surface area contributed by atoms with Crippen LogP contribution >= 0.6 is 0 Å². The molecule has 266 valence electrons. The number of hydrogen-bond acceptors (Lipinski definition) is 2. The summed E-state index contributed by atoms with van der Waals surface area (Å²) in [7, 11) is 0. The number of anilines is 3. The van der Waals surface area contributed by atoms with Gasteiger partial charge in [-0.1, -0.05) is 146 Å². The lowest BCUT2D eigenvalue weighted by Crippen LogP contribution is -2.11. The second-order valence-corrected chi connectivity index (χ2v) is 14.9. The van der Waals surface area contributed by atoms with E-state index in [1.165, 1.54) is 59.7 Å². The fourth-order valence-electron chi connectivity index (χ4n) is 9.09. The van der Waals surface area contributed by atoms with Crippen LogP contribution in [0.2, 0.25) is 0 Å². The highest BCUT2D eigenvalue weighted by atomic mass is 16.3. The monoisotopic (exact) mass is 726 g/mol. The highest BCUT2D eigenvalue weighted by Gasteiger charge is 2.22. The van der Waals surface area contributed by atoms with Crippen LogP contribution in [0.4, 0.5) is 17.1 Å². The summed E-state index contributed by atoms with van der Waals surface area (Å²) in [4.78, 5) is 2.38. The first-order chi connectivity index (χ1) is 28.3. The Morgan fingerprint density at radius 2 is 1.00 bits per heavy atom. The minimum absolute atomic E-state index is 0.869. The van der Waals surface area contributed by atoms with Gasteiger partial charge < -0.3 is 13.9 Å². The molecule has 0 N–H and O–H groups in total. The van der Waals surface area contributed by atoms with E-state index in [-0.39, 0.29) is 0 Å². The molecule has 0 aliphatic rings. The molecule has 0 spiro atoms. The van der Waals surface area contributed by atoms with Crippen LogP contribution in [0, 0.1) is 0 Å². The van der Waals surface area contributed by atoms with Gasteiger partial charge in [-0.25, -0.2) is 0 Å². The number of fused-ring (bicyclic) bond motifs is 10. The standard InChI is InChI=1S/C54H34N2O/c1-2-13-37-32-41(30-26-35(37)12-1)56-49-21-9-7-18-45(49)48-33-38(27-31-50(48)56)36-24-28-40(29-25-36)55(51-22-11-20-47-46-19-8-10-23-53(46)57-54(47)51)52-34-39-14-3-4-15-42(39)43-16-5-6-17-44(43)52/h1-34H. The van der Waals surface area contributed by atoms with Crippen molar-refractivity contribution in [2.75, 3.05) is 4.90 Å². The summed E-state index contributed by atoms with van der Waals surface area (Å²) < 4.78 is 9.08. The number of hydrogen-bond donors (Lipinski definition) is 0. The third-order valence-corrected chi connectivity index (χ3v) is 11.7. The van der Waals surface area contributed by atoms with Crippen LogP contribution in [-0.4, -0.2) is 4.57 Å². The van der Waals surface area contributed by atoms with E-state index in [2.05, 4.69) is 210 Å². The molecular weight excluding hydrogens is 693 g/mol. The lowest BCUT2D eigenvalue weighted by atomic mass is 9.98. The van der Waals surface area contributed by atoms with Crippen LogP contribution in [0.3, 0.4) is 0 Å². The molecule has 12 aromatic rings. The van der Waals surface area contributed by atoms with Crippen molar-refractivity contribution in [2.24, 2.45) is 0 Å². The molecule has 57 heavy (non-hydrogen) atoms. The van der Waals surface area contributed by atoms with Crippen molar-refractivity contribution < 1.29 is 4.42 Å². The average molecular weight is 727 g/mol. The number of nitrogens with zero attached hydrogens (tertiary/aromatic N) is 2. The predicted octanol–water partition coefficient (Wildman–Crippen LogP) is 15.3. The first kappa shape index (κ1) is 31.7. The predicted molar refractivity (Wildman–Crippen MR) is 241 cm³/mol. The van der Waals surface area contributed by atoms with E-state index < -0.39 is 0 Å². The molecule has 0 saturated carbocycles. The summed E-state index contributed by atoms with van der Waals surface area (Å²) in [6.45, 7) is 0. The van der Waals surface area contributed by atoms with Crippen LogP contribution in [0.15, 0.2) is 211 Å². The first-order valence-corrected chi connectivity index (χ1v) is 19.5. The largest absolute Gasteiger partial charge is 0.454 e. The van der Waals surface area contributed by atoms with Gasteiger partial charge in [0, 0.05) is 38.3 Å². The normalized spacial score (nSPS) is 11.9. The van der Waals surface area contributed by atoms with Crippen LogP contribution in [0.1, 0.15) is 0 Å². The Labute approximate surface area is 328 Å². The molecule has 2 aromatic heterocycles. The maximum atomic E-state index is 6.69. The summed E-state index contributed by atoms with van der Waals surface area (Å²) >= 11 is 0. The molecule has 0 aliphatic heterocycles. The van der Waals surface area contributed by atoms with Crippen molar-refractivity contribution in [1.29, 1.82) is 0 Å². The molecule has 0 atom stereocenters. The topological polar surface area (TPSA) is 21.3 Å². The Balaban J connectivity index is 1.03. The van der Waals surface area contributed by atoms with Crippen molar-refractivity contribution in [3.8, 4) is 16.8 Å². The van der Waals surface area contributed by atoms with Crippen molar-refractivity contribution in [3.63, 3.8) is 0 Å². The second-order valence-electron chi connectivity index (χ2n) is 14.9. The average Bonchev–Trinajstić information content (AvgIpc) is 3.83. The SMILES string of the molecule is c1ccc2cc(-n3c4ccccc4c4cc(-c5ccc(N(c6cc7ccccc7c7ccccc67)c6cccc7c6oc6ccccc67)cc5)ccc43)ccc2c1. The molecule has 0 saturated heterocycles. The smallest absolute Gasteiger partial charge is 0.159 e. The third kappa shape index (κ3) is 4.92. The molecule has 0 amide bonds. The van der Waals surface area contributed by atoms with Crippen molar-refractivity contribution in [2.45, 2.75) is 0 Å². The number of aromatic nitrogens is 1. The fraction of sp³-hybridized carbons (Fsp3) is 0. The minimum Gasteiger partial charge on any atom is -0.454 e. The first-order valence-electron chi connectivity index (χ1n) is 19.5. The molecule has 2 heterocycles. The van der Waals surface area contributed by atoms with Gasteiger partial charge in [0.2, 0.25) is 0 Å². The van der Waals surface area contributed by atoms with E-state index in [1.54, 1.807) is 0 Å². The Kier molecular flexibility index (Phi) is 6.93. The fourth-order valence-corrected chi connectivity index (χ4v) is 9.09. The second kappa shape index (κ2) is 12.5. The molecular formula is C54H34N2O. The third-order valence-electron chi connectivity index (χ3n) is 11.7. The van der Waals surface area contributed by atoms with Crippen LogP contribution < -0.4 is 4.90 Å². The summed E-state index contributed by atoms with van der Waals surface area (Å²) in [5.74, 6) is 0. The molecule has 10 aromatic carbocycles. The summed E-state index contributed by atoms with van der Waals surface area (Å²) in [6.07, 6.45) is 0. The quantitative estimate of drug-likeness (QED) is 0.165. The number of para-hydroxylation sites is 3. The minimum atomic E-state index is 0.869. The van der Waals surface area contributed by atoms with Crippen molar-refractivity contribution >= 4 is 93.1 Å². The van der Waals surface area contributed by atoms with Gasteiger partial charge in [-0.3, -0.25) is 0 Å². The number of rotatable bonds is 5. The van der Waals surface area contributed by atoms with E-state index in [0.717, 1.165) is 50.3 Å². The van der Waals surface area contributed by atoms with E-state index in [9.17, 15) is 0 Å². The van der Waals surface area contributed by atoms with E-state index in [0.29, 0.717) is 0 Å². The maximum Gasteiger partial charge on any atom is 0.159 e. The van der Waals surface area contributed by atoms with Gasteiger partial charge in [0.05, 0.1) is 22.4 Å². The Morgan fingerprint density at radius 3 is 1.86 bits per heavy atom.